The zero-order valence-corrected chi connectivity index (χ0v) is 20.8. The van der Waals surface area contributed by atoms with E-state index < -0.39 is 17.1 Å². The maximum atomic E-state index is 13.2. The van der Waals surface area contributed by atoms with Crippen molar-refractivity contribution in [1.82, 2.24) is 10.2 Å². The van der Waals surface area contributed by atoms with Crippen molar-refractivity contribution in [2.75, 3.05) is 13.1 Å². The van der Waals surface area contributed by atoms with Crippen molar-refractivity contribution in [3.8, 4) is 11.5 Å². The number of phenolic OH excluding ortho intramolecular Hbond substituents is 1. The van der Waals surface area contributed by atoms with Gasteiger partial charge in [0.25, 0.3) is 5.91 Å². The first kappa shape index (κ1) is 22.2. The molecule has 184 valence electrons. The van der Waals surface area contributed by atoms with E-state index in [1.807, 2.05) is 6.07 Å². The van der Waals surface area contributed by atoms with Gasteiger partial charge in [-0.05, 0) is 80.8 Å². The van der Waals surface area contributed by atoms with Crippen molar-refractivity contribution in [3.63, 3.8) is 0 Å². The molecule has 3 fully saturated rings. The standard InChI is InChI=1S/C27H28Cl2N2O4/c28-17-5-3-16(11-18(17)29)25(33)30-19-7-8-27(34)21-12-15-4-6-20(32)23-22(15)26(27,24(19)35-23)9-10-31(21)13-14-1-2-14/h3-6,11,14,19,21,24,32,34H,1-2,7-10,12-13H2,(H,30,33)/t19-,21-,24+,26?,27-/m1/s1. The second-order valence-corrected chi connectivity index (χ2v) is 11.9. The first-order valence-electron chi connectivity index (χ1n) is 12.6. The molecule has 1 unspecified atom stereocenters. The second kappa shape index (κ2) is 7.51. The zero-order valence-electron chi connectivity index (χ0n) is 19.3. The van der Waals surface area contributed by atoms with Crippen molar-refractivity contribution < 1.29 is 19.7 Å². The Morgan fingerprint density at radius 3 is 2.74 bits per heavy atom. The van der Waals surface area contributed by atoms with E-state index in [1.54, 1.807) is 24.3 Å². The molecule has 7 rings (SSSR count). The van der Waals surface area contributed by atoms with Gasteiger partial charge in [-0.15, -0.1) is 0 Å². The number of aromatic hydroxyl groups is 1. The summed E-state index contributed by atoms with van der Waals surface area (Å²) in [5, 5.41) is 27.1. The fourth-order valence-corrected chi connectivity index (χ4v) is 7.82. The molecule has 2 aromatic rings. The highest BCUT2D eigenvalue weighted by Gasteiger charge is 2.73. The highest BCUT2D eigenvalue weighted by atomic mass is 35.5. The lowest BCUT2D eigenvalue weighted by atomic mass is 9.48. The predicted molar refractivity (Wildman–Crippen MR) is 133 cm³/mol. The van der Waals surface area contributed by atoms with Crippen LogP contribution in [0.1, 0.15) is 53.6 Å². The van der Waals surface area contributed by atoms with Gasteiger partial charge < -0.3 is 20.3 Å². The number of aliphatic hydroxyl groups is 1. The lowest BCUT2D eigenvalue weighted by Crippen LogP contribution is -2.78. The number of nitrogens with zero attached hydrogens (tertiary/aromatic N) is 1. The van der Waals surface area contributed by atoms with Crippen LogP contribution in [0.15, 0.2) is 30.3 Å². The van der Waals surface area contributed by atoms with Crippen molar-refractivity contribution in [2.45, 2.75) is 67.7 Å². The topological polar surface area (TPSA) is 82.0 Å². The molecule has 2 heterocycles. The highest BCUT2D eigenvalue weighted by Crippen LogP contribution is 2.65. The summed E-state index contributed by atoms with van der Waals surface area (Å²) in [6, 6.07) is 8.23. The van der Waals surface area contributed by atoms with E-state index in [9.17, 15) is 15.0 Å². The number of piperidine rings is 1. The van der Waals surface area contributed by atoms with Gasteiger partial charge in [0.1, 0.15) is 6.10 Å². The largest absolute Gasteiger partial charge is 0.504 e. The molecule has 8 heteroatoms. The molecule has 3 aliphatic carbocycles. The van der Waals surface area contributed by atoms with Gasteiger partial charge in [-0.1, -0.05) is 29.3 Å². The summed E-state index contributed by atoms with van der Waals surface area (Å²) in [6.07, 6.45) is 4.74. The fraction of sp³-hybridized carbons (Fsp3) is 0.519. The number of phenols is 1. The monoisotopic (exact) mass is 514 g/mol. The molecule has 1 amide bonds. The molecule has 5 atom stereocenters. The van der Waals surface area contributed by atoms with Crippen LogP contribution in [0.4, 0.5) is 0 Å². The van der Waals surface area contributed by atoms with Crippen LogP contribution in [-0.4, -0.2) is 57.9 Å². The van der Waals surface area contributed by atoms with E-state index >= 15 is 0 Å². The summed E-state index contributed by atoms with van der Waals surface area (Å²) in [5.41, 5.74) is 0.903. The van der Waals surface area contributed by atoms with Gasteiger partial charge in [0.2, 0.25) is 0 Å². The molecule has 2 aromatic carbocycles. The number of likely N-dealkylation sites (tertiary alicyclic amines) is 1. The Kier molecular flexibility index (Phi) is 4.77. The Bertz CT molecular complexity index is 1250. The Hall–Kier alpha value is -1.99. The molecule has 6 nitrogen and oxygen atoms in total. The molecule has 1 saturated heterocycles. The van der Waals surface area contributed by atoms with Gasteiger partial charge in [-0.2, -0.15) is 0 Å². The van der Waals surface area contributed by atoms with Gasteiger partial charge in [0.15, 0.2) is 11.5 Å². The van der Waals surface area contributed by atoms with Crippen LogP contribution in [0.2, 0.25) is 10.0 Å². The zero-order chi connectivity index (χ0) is 24.1. The normalized spacial score (nSPS) is 34.8. The van der Waals surface area contributed by atoms with Crippen LogP contribution in [0.5, 0.6) is 11.5 Å². The molecule has 2 saturated carbocycles. The molecule has 0 radical (unpaired) electrons. The van der Waals surface area contributed by atoms with E-state index in [0.717, 1.165) is 43.0 Å². The molecule has 2 aliphatic heterocycles. The number of carbonyl (C=O) groups excluding carboxylic acids is 1. The summed E-state index contributed by atoms with van der Waals surface area (Å²) in [6.45, 7) is 1.91. The Morgan fingerprint density at radius 1 is 1.14 bits per heavy atom. The minimum atomic E-state index is -0.971. The van der Waals surface area contributed by atoms with Crippen LogP contribution in [0.25, 0.3) is 0 Å². The average molecular weight is 515 g/mol. The van der Waals surface area contributed by atoms with Gasteiger partial charge in [-0.25, -0.2) is 0 Å². The maximum absolute atomic E-state index is 13.2. The van der Waals surface area contributed by atoms with E-state index in [-0.39, 0.29) is 23.7 Å². The lowest BCUT2D eigenvalue weighted by molar-refractivity contribution is -0.191. The number of rotatable bonds is 4. The molecule has 2 bridgehead atoms. The first-order valence-corrected chi connectivity index (χ1v) is 13.3. The minimum Gasteiger partial charge on any atom is -0.504 e. The van der Waals surface area contributed by atoms with E-state index in [1.165, 1.54) is 12.8 Å². The van der Waals surface area contributed by atoms with E-state index in [4.69, 9.17) is 27.9 Å². The van der Waals surface area contributed by atoms with Crippen LogP contribution < -0.4 is 10.1 Å². The summed E-state index contributed by atoms with van der Waals surface area (Å²) in [4.78, 5) is 15.7. The molecule has 3 N–H and O–H groups in total. The number of nitrogens with one attached hydrogen (secondary N) is 1. The first-order chi connectivity index (χ1) is 16.8. The third-order valence-electron chi connectivity index (χ3n) is 9.26. The minimum absolute atomic E-state index is 0.0117. The predicted octanol–water partition coefficient (Wildman–Crippen LogP) is 4.06. The van der Waals surface area contributed by atoms with Crippen LogP contribution >= 0.6 is 23.2 Å². The summed E-state index contributed by atoms with van der Waals surface area (Å²) in [5.74, 6) is 1.07. The molecule has 35 heavy (non-hydrogen) atoms. The van der Waals surface area contributed by atoms with Crippen molar-refractivity contribution in [2.24, 2.45) is 5.92 Å². The number of benzene rings is 2. The molecule has 0 aromatic heterocycles. The van der Waals surface area contributed by atoms with Crippen LogP contribution in [0, 0.1) is 5.92 Å². The Labute approximate surface area is 214 Å². The average Bonchev–Trinajstić information content (AvgIpc) is 3.57. The van der Waals surface area contributed by atoms with Crippen molar-refractivity contribution >= 4 is 29.1 Å². The van der Waals surface area contributed by atoms with E-state index in [0.29, 0.717) is 34.2 Å². The molecular weight excluding hydrogens is 487 g/mol. The van der Waals surface area contributed by atoms with Crippen molar-refractivity contribution in [3.05, 3.63) is 57.1 Å². The number of hydrogen-bond acceptors (Lipinski definition) is 5. The van der Waals surface area contributed by atoms with Gasteiger partial charge in [-0.3, -0.25) is 9.69 Å². The number of amides is 1. The number of hydrogen-bond donors (Lipinski definition) is 3. The van der Waals surface area contributed by atoms with Gasteiger partial charge in [0.05, 0.1) is 27.1 Å². The van der Waals surface area contributed by atoms with E-state index in [2.05, 4.69) is 10.2 Å². The summed E-state index contributed by atoms with van der Waals surface area (Å²) < 4.78 is 6.51. The summed E-state index contributed by atoms with van der Waals surface area (Å²) in [7, 11) is 0. The smallest absolute Gasteiger partial charge is 0.251 e. The van der Waals surface area contributed by atoms with Gasteiger partial charge >= 0.3 is 0 Å². The van der Waals surface area contributed by atoms with Crippen LogP contribution in [0.3, 0.4) is 0 Å². The fourth-order valence-electron chi connectivity index (χ4n) is 7.52. The Balaban J connectivity index is 1.28. The number of ether oxygens (including phenoxy) is 1. The molecule has 1 spiro atoms. The quantitative estimate of drug-likeness (QED) is 0.573. The highest BCUT2D eigenvalue weighted by molar-refractivity contribution is 6.42. The summed E-state index contributed by atoms with van der Waals surface area (Å²) >= 11 is 12.2. The number of halogens is 2. The molecule has 5 aliphatic rings. The third-order valence-corrected chi connectivity index (χ3v) is 10.00. The second-order valence-electron chi connectivity index (χ2n) is 11.0. The van der Waals surface area contributed by atoms with Crippen LogP contribution in [-0.2, 0) is 11.8 Å². The van der Waals surface area contributed by atoms with Crippen molar-refractivity contribution in [1.29, 1.82) is 0 Å². The maximum Gasteiger partial charge on any atom is 0.251 e. The van der Waals surface area contributed by atoms with Gasteiger partial charge in [0, 0.05) is 23.7 Å². The number of carbonyl (C=O) groups is 1. The third kappa shape index (κ3) is 3.00. The lowest BCUT2D eigenvalue weighted by Gasteiger charge is -2.64. The SMILES string of the molecule is O=C(N[C@@H]1CC[C@@]2(O)[C@H]3Cc4ccc(O)c5c4C2(CCN3CC2CC2)[C@H]1O5)c1ccc(Cl)c(Cl)c1. The molecular formula is C27H28Cl2N2O4. The Morgan fingerprint density at radius 2 is 1.97 bits per heavy atom.